The number of piperidine rings is 1. The molecule has 1 aromatic heterocycles. The maximum atomic E-state index is 5.75. The molecule has 0 saturated carbocycles. The second-order valence-corrected chi connectivity index (χ2v) is 8.19. The monoisotopic (exact) mass is 369 g/mol. The number of nitrogen functional groups attached to an aromatic ring is 1. The highest BCUT2D eigenvalue weighted by atomic mass is 35.5. The molecule has 0 atom stereocenters. The molecule has 0 bridgehead atoms. The first-order chi connectivity index (χ1) is 10.7. The molecule has 1 aliphatic heterocycles. The van der Waals surface area contributed by atoms with E-state index in [0.717, 1.165) is 23.9 Å². The smallest absolute Gasteiger partial charge is 0.181 e. The van der Waals surface area contributed by atoms with Crippen LogP contribution in [0, 0.1) is 6.92 Å². The van der Waals surface area contributed by atoms with Crippen molar-refractivity contribution < 1.29 is 0 Å². The van der Waals surface area contributed by atoms with Gasteiger partial charge in [0.2, 0.25) is 0 Å². The van der Waals surface area contributed by atoms with Gasteiger partial charge in [-0.3, -0.25) is 0 Å². The van der Waals surface area contributed by atoms with E-state index >= 15 is 0 Å². The summed E-state index contributed by atoms with van der Waals surface area (Å²) < 4.78 is 1.27. The molecule has 1 aromatic carbocycles. The van der Waals surface area contributed by atoms with Crippen LogP contribution >= 0.6 is 35.5 Å². The quantitative estimate of drug-likeness (QED) is 0.792. The molecule has 0 radical (unpaired) electrons. The second kappa shape index (κ2) is 8.92. The van der Waals surface area contributed by atoms with Crippen molar-refractivity contribution in [2.45, 2.75) is 29.9 Å². The third kappa shape index (κ3) is 5.11. The first-order valence-corrected chi connectivity index (χ1v) is 9.65. The largest absolute Gasteiger partial charge is 0.375 e. The van der Waals surface area contributed by atoms with Gasteiger partial charge in [0.1, 0.15) is 0 Å². The molecule has 2 heterocycles. The first kappa shape index (κ1) is 18.6. The highest BCUT2D eigenvalue weighted by molar-refractivity contribution is 8.01. The van der Waals surface area contributed by atoms with E-state index in [1.807, 2.05) is 18.7 Å². The maximum absolute atomic E-state index is 5.75. The van der Waals surface area contributed by atoms with Gasteiger partial charge < -0.3 is 10.6 Å². The molecular weight excluding hydrogens is 346 g/mol. The summed E-state index contributed by atoms with van der Waals surface area (Å²) in [6, 6.07) is 11.0. The zero-order valence-corrected chi connectivity index (χ0v) is 15.9. The van der Waals surface area contributed by atoms with Crippen LogP contribution in [0.5, 0.6) is 0 Å². The summed E-state index contributed by atoms with van der Waals surface area (Å²) in [5, 5.41) is 0.684. The summed E-state index contributed by atoms with van der Waals surface area (Å²) in [5.41, 5.74) is 8.33. The molecular formula is C17H24ClN3S2. The number of benzene rings is 1. The first-order valence-electron chi connectivity index (χ1n) is 7.85. The van der Waals surface area contributed by atoms with Crippen LogP contribution in [0.1, 0.15) is 30.0 Å². The fourth-order valence-corrected chi connectivity index (χ4v) is 5.12. The highest BCUT2D eigenvalue weighted by Gasteiger charge is 2.20. The van der Waals surface area contributed by atoms with Crippen molar-refractivity contribution in [2.75, 3.05) is 31.1 Å². The number of hydrogen-bond donors (Lipinski definition) is 1. The van der Waals surface area contributed by atoms with E-state index in [-0.39, 0.29) is 12.4 Å². The molecule has 1 fully saturated rings. The van der Waals surface area contributed by atoms with Gasteiger partial charge in [-0.25, -0.2) is 4.98 Å². The van der Waals surface area contributed by atoms with E-state index in [9.17, 15) is 0 Å². The molecule has 0 unspecified atom stereocenters. The van der Waals surface area contributed by atoms with E-state index < -0.39 is 0 Å². The average molecular weight is 370 g/mol. The van der Waals surface area contributed by atoms with Crippen LogP contribution in [0.15, 0.2) is 34.5 Å². The number of hydrogen-bond acceptors (Lipinski definition) is 5. The molecule has 0 aliphatic carbocycles. The van der Waals surface area contributed by atoms with Crippen molar-refractivity contribution in [3.05, 3.63) is 41.6 Å². The summed E-state index contributed by atoms with van der Waals surface area (Å²) in [6.07, 6.45) is 2.56. The molecule has 0 spiro atoms. The zero-order valence-electron chi connectivity index (χ0n) is 13.4. The van der Waals surface area contributed by atoms with Gasteiger partial charge in [0, 0.05) is 12.3 Å². The third-order valence-corrected chi connectivity index (χ3v) is 6.60. The summed E-state index contributed by atoms with van der Waals surface area (Å²) in [4.78, 5) is 6.87. The molecule has 1 saturated heterocycles. The Labute approximate surface area is 153 Å². The van der Waals surface area contributed by atoms with Gasteiger partial charge in [0.05, 0.1) is 9.90 Å². The predicted octanol–water partition coefficient (Wildman–Crippen LogP) is 4.43. The van der Waals surface area contributed by atoms with Gasteiger partial charge in [0.25, 0.3) is 0 Å². The molecule has 3 rings (SSSR count). The van der Waals surface area contributed by atoms with Crippen molar-refractivity contribution in [3.8, 4) is 0 Å². The SMILES string of the molecule is Cc1nc(N)sc1SCCN1CCC(c2ccccc2)CC1.Cl. The lowest BCUT2D eigenvalue weighted by Crippen LogP contribution is -2.34. The highest BCUT2D eigenvalue weighted by Crippen LogP contribution is 2.31. The maximum Gasteiger partial charge on any atom is 0.181 e. The predicted molar refractivity (Wildman–Crippen MR) is 104 cm³/mol. The zero-order chi connectivity index (χ0) is 15.4. The fourth-order valence-electron chi connectivity index (χ4n) is 3.02. The summed E-state index contributed by atoms with van der Waals surface area (Å²) in [7, 11) is 0. The lowest BCUT2D eigenvalue weighted by Gasteiger charge is -2.32. The lowest BCUT2D eigenvalue weighted by atomic mass is 9.89. The molecule has 6 heteroatoms. The average Bonchev–Trinajstić information content (AvgIpc) is 2.87. The Kier molecular flexibility index (Phi) is 7.21. The number of thioether (sulfide) groups is 1. The number of halogens is 1. The van der Waals surface area contributed by atoms with Gasteiger partial charge in [-0.15, -0.1) is 24.2 Å². The van der Waals surface area contributed by atoms with Crippen LogP contribution in [0.25, 0.3) is 0 Å². The van der Waals surface area contributed by atoms with Crippen molar-refractivity contribution >= 4 is 40.6 Å². The Morgan fingerprint density at radius 1 is 1.26 bits per heavy atom. The number of rotatable bonds is 5. The minimum Gasteiger partial charge on any atom is -0.375 e. The number of aryl methyl sites for hydroxylation is 1. The van der Waals surface area contributed by atoms with Crippen LogP contribution < -0.4 is 5.73 Å². The molecule has 23 heavy (non-hydrogen) atoms. The van der Waals surface area contributed by atoms with Crippen LogP contribution in [0.4, 0.5) is 5.13 Å². The number of thiazole rings is 1. The summed E-state index contributed by atoms with van der Waals surface area (Å²) in [5.74, 6) is 1.87. The van der Waals surface area contributed by atoms with E-state index in [4.69, 9.17) is 5.73 Å². The number of nitrogens with zero attached hydrogens (tertiary/aromatic N) is 2. The van der Waals surface area contributed by atoms with E-state index in [2.05, 4.69) is 40.2 Å². The summed E-state index contributed by atoms with van der Waals surface area (Å²) >= 11 is 3.50. The number of aromatic nitrogens is 1. The molecule has 126 valence electrons. The molecule has 0 amide bonds. The normalized spacial score (nSPS) is 16.2. The van der Waals surface area contributed by atoms with E-state index in [1.165, 1.54) is 35.7 Å². The summed E-state index contributed by atoms with van der Waals surface area (Å²) in [6.45, 7) is 5.62. The number of anilines is 1. The van der Waals surface area contributed by atoms with Gasteiger partial charge in [0.15, 0.2) is 5.13 Å². The topological polar surface area (TPSA) is 42.1 Å². The van der Waals surface area contributed by atoms with Gasteiger partial charge >= 0.3 is 0 Å². The number of likely N-dealkylation sites (tertiary alicyclic amines) is 1. The van der Waals surface area contributed by atoms with Crippen molar-refractivity contribution in [1.82, 2.24) is 9.88 Å². The standard InChI is InChI=1S/C17H23N3S2.ClH/c1-13-16(22-17(18)19-13)21-12-11-20-9-7-15(8-10-20)14-5-3-2-4-6-14;/h2-6,15H,7-12H2,1H3,(H2,18,19);1H. The lowest BCUT2D eigenvalue weighted by molar-refractivity contribution is 0.224. The molecule has 1 aliphatic rings. The Morgan fingerprint density at radius 3 is 2.57 bits per heavy atom. The van der Waals surface area contributed by atoms with Crippen molar-refractivity contribution in [1.29, 1.82) is 0 Å². The van der Waals surface area contributed by atoms with Crippen LogP contribution in [-0.4, -0.2) is 35.3 Å². The second-order valence-electron chi connectivity index (χ2n) is 5.80. The molecule has 2 aromatic rings. The van der Waals surface area contributed by atoms with E-state index in [1.54, 1.807) is 11.3 Å². The van der Waals surface area contributed by atoms with Crippen LogP contribution in [-0.2, 0) is 0 Å². The van der Waals surface area contributed by atoms with Crippen molar-refractivity contribution in [2.24, 2.45) is 0 Å². The fraction of sp³-hybridized carbons (Fsp3) is 0.471. The molecule has 3 nitrogen and oxygen atoms in total. The van der Waals surface area contributed by atoms with E-state index in [0.29, 0.717) is 5.13 Å². The Hall–Kier alpha value is -0.750. The van der Waals surface area contributed by atoms with Gasteiger partial charge in [-0.05, 0) is 44.3 Å². The molecule has 2 N–H and O–H groups in total. The third-order valence-electron chi connectivity index (χ3n) is 4.27. The van der Waals surface area contributed by atoms with Gasteiger partial charge in [-0.2, -0.15) is 0 Å². The number of nitrogens with two attached hydrogens (primary N) is 1. The minimum atomic E-state index is 0. The minimum absolute atomic E-state index is 0. The van der Waals surface area contributed by atoms with Gasteiger partial charge in [-0.1, -0.05) is 41.7 Å². The Morgan fingerprint density at radius 2 is 1.96 bits per heavy atom. The Bertz CT molecular complexity index is 595. The van der Waals surface area contributed by atoms with Crippen LogP contribution in [0.3, 0.4) is 0 Å². The van der Waals surface area contributed by atoms with Crippen molar-refractivity contribution in [3.63, 3.8) is 0 Å². The Balaban J connectivity index is 0.00000192. The van der Waals surface area contributed by atoms with Crippen LogP contribution in [0.2, 0.25) is 0 Å².